The van der Waals surface area contributed by atoms with Crippen molar-refractivity contribution < 1.29 is 27.8 Å². The number of alkyl halides is 3. The molecule has 0 aliphatic rings. The molecule has 0 fully saturated rings. The molecule has 0 bridgehead atoms. The van der Waals surface area contributed by atoms with Gasteiger partial charge in [-0.25, -0.2) is 0 Å². The Bertz CT molecular complexity index is 478. The van der Waals surface area contributed by atoms with Crippen LogP contribution in [0.4, 0.5) is 24.5 Å². The van der Waals surface area contributed by atoms with Gasteiger partial charge in [0.2, 0.25) is 0 Å². The lowest BCUT2D eigenvalue weighted by Gasteiger charge is -2.15. The summed E-state index contributed by atoms with van der Waals surface area (Å²) in [4.78, 5) is 11.6. The van der Waals surface area contributed by atoms with Gasteiger partial charge in [-0.2, -0.15) is 13.2 Å². The Morgan fingerprint density at radius 1 is 1.50 bits per heavy atom. The average Bonchev–Trinajstić information content (AvgIpc) is 2.36. The number of nitrogen functional groups attached to an aromatic ring is 1. The number of rotatable bonds is 5. The van der Waals surface area contributed by atoms with E-state index in [0.29, 0.717) is 0 Å². The minimum absolute atomic E-state index is 0.0315. The summed E-state index contributed by atoms with van der Waals surface area (Å²) in [7, 11) is 0. The lowest BCUT2D eigenvalue weighted by atomic mass is 10.1. The molecule has 1 amide bonds. The lowest BCUT2D eigenvalue weighted by Crippen LogP contribution is -2.28. The van der Waals surface area contributed by atoms with E-state index in [9.17, 15) is 18.0 Å². The largest absolute Gasteiger partial charge is 0.418 e. The third-order valence-corrected chi connectivity index (χ3v) is 2.45. The molecule has 1 rings (SSSR count). The predicted molar refractivity (Wildman–Crippen MR) is 67.0 cm³/mol. The third-order valence-electron chi connectivity index (χ3n) is 2.45. The van der Waals surface area contributed by atoms with E-state index >= 15 is 0 Å². The van der Waals surface area contributed by atoms with Crippen molar-refractivity contribution >= 4 is 17.3 Å². The molecule has 0 aromatic heterocycles. The summed E-state index contributed by atoms with van der Waals surface area (Å²) in [5.41, 5.74) is 3.78. The highest BCUT2D eigenvalue weighted by Crippen LogP contribution is 2.35. The van der Waals surface area contributed by atoms with Crippen LogP contribution in [0.15, 0.2) is 18.2 Å². The fourth-order valence-corrected chi connectivity index (χ4v) is 1.43. The van der Waals surface area contributed by atoms with Crippen LogP contribution in [-0.2, 0) is 15.7 Å². The van der Waals surface area contributed by atoms with Crippen LogP contribution in [0, 0.1) is 0 Å². The summed E-state index contributed by atoms with van der Waals surface area (Å²) in [6.07, 6.45) is -5.49. The van der Waals surface area contributed by atoms with Crippen LogP contribution in [0.2, 0.25) is 0 Å². The van der Waals surface area contributed by atoms with Gasteiger partial charge in [0.15, 0.2) is 0 Å². The number of benzene rings is 1. The van der Waals surface area contributed by atoms with E-state index in [1.807, 2.05) is 0 Å². The maximum absolute atomic E-state index is 12.6. The molecule has 0 radical (unpaired) electrons. The third kappa shape index (κ3) is 4.39. The van der Waals surface area contributed by atoms with E-state index in [0.717, 1.165) is 12.1 Å². The fourth-order valence-electron chi connectivity index (χ4n) is 1.43. The average molecular weight is 292 g/mol. The summed E-state index contributed by atoms with van der Waals surface area (Å²) in [6, 6.07) is 3.09. The van der Waals surface area contributed by atoms with Crippen molar-refractivity contribution in [2.24, 2.45) is 0 Å². The van der Waals surface area contributed by atoms with Crippen molar-refractivity contribution in [1.82, 2.24) is 0 Å². The first kappa shape index (κ1) is 16.3. The molecule has 20 heavy (non-hydrogen) atoms. The van der Waals surface area contributed by atoms with E-state index in [1.165, 1.54) is 13.0 Å². The minimum atomic E-state index is -4.59. The molecule has 8 heteroatoms. The Morgan fingerprint density at radius 3 is 2.70 bits per heavy atom. The van der Waals surface area contributed by atoms with Gasteiger partial charge in [-0.15, -0.1) is 0 Å². The van der Waals surface area contributed by atoms with Gasteiger partial charge < -0.3 is 20.9 Å². The first-order valence-corrected chi connectivity index (χ1v) is 5.75. The Balaban J connectivity index is 2.81. The highest BCUT2D eigenvalue weighted by Gasteiger charge is 2.33. The molecule has 1 atom stereocenters. The molecule has 1 aromatic carbocycles. The number of aliphatic hydroxyl groups is 1. The number of amides is 1. The summed E-state index contributed by atoms with van der Waals surface area (Å²) in [5, 5.41) is 10.8. The van der Waals surface area contributed by atoms with Crippen molar-refractivity contribution in [2.75, 3.05) is 24.3 Å². The normalized spacial score (nSPS) is 13.1. The first-order valence-electron chi connectivity index (χ1n) is 5.75. The molecule has 0 aliphatic heterocycles. The first-order chi connectivity index (χ1) is 9.25. The number of carbonyl (C=O) groups is 1. The Hall–Kier alpha value is -1.80. The van der Waals surface area contributed by atoms with Crippen molar-refractivity contribution in [3.05, 3.63) is 23.8 Å². The Kier molecular flexibility index (Phi) is 5.34. The molecule has 0 saturated heterocycles. The van der Waals surface area contributed by atoms with Gasteiger partial charge in [0.25, 0.3) is 5.91 Å². The van der Waals surface area contributed by atoms with Crippen LogP contribution in [0.3, 0.4) is 0 Å². The van der Waals surface area contributed by atoms with Gasteiger partial charge in [0.1, 0.15) is 6.10 Å². The molecule has 0 saturated carbocycles. The smallest absolute Gasteiger partial charge is 0.398 e. The second-order valence-electron chi connectivity index (χ2n) is 4.03. The van der Waals surface area contributed by atoms with Crippen LogP contribution in [0.25, 0.3) is 0 Å². The monoisotopic (exact) mass is 292 g/mol. The maximum atomic E-state index is 12.6. The molecular weight excluding hydrogens is 277 g/mol. The zero-order valence-corrected chi connectivity index (χ0v) is 10.7. The van der Waals surface area contributed by atoms with E-state index in [2.05, 4.69) is 5.32 Å². The van der Waals surface area contributed by atoms with Gasteiger partial charge >= 0.3 is 6.18 Å². The molecule has 112 valence electrons. The molecule has 5 nitrogen and oxygen atoms in total. The van der Waals surface area contributed by atoms with Gasteiger partial charge in [0.05, 0.1) is 18.8 Å². The molecule has 1 unspecified atom stereocenters. The number of nitrogens with one attached hydrogen (secondary N) is 1. The van der Waals surface area contributed by atoms with Crippen LogP contribution in [-0.4, -0.2) is 30.3 Å². The van der Waals surface area contributed by atoms with E-state index in [-0.39, 0.29) is 18.9 Å². The number of aliphatic hydroxyl groups excluding tert-OH is 1. The number of hydrogen-bond acceptors (Lipinski definition) is 4. The Labute approximate surface area is 113 Å². The fraction of sp³-hybridized carbons (Fsp3) is 0.417. The summed E-state index contributed by atoms with van der Waals surface area (Å²) >= 11 is 0. The second-order valence-corrected chi connectivity index (χ2v) is 4.03. The molecule has 1 aromatic rings. The standard InChI is InChI=1S/C12H15F3N2O3/c1-7(20-5-4-18)11(19)17-8-2-3-10(16)9(6-8)12(13,14)15/h2-3,6-7,18H,4-5,16H2,1H3,(H,17,19). The summed E-state index contributed by atoms with van der Waals surface area (Å²) < 4.78 is 42.9. The van der Waals surface area contributed by atoms with Crippen molar-refractivity contribution in [3.63, 3.8) is 0 Å². The summed E-state index contributed by atoms with van der Waals surface area (Å²) in [6.45, 7) is 1.13. The van der Waals surface area contributed by atoms with Crippen LogP contribution in [0.5, 0.6) is 0 Å². The van der Waals surface area contributed by atoms with Crippen molar-refractivity contribution in [3.8, 4) is 0 Å². The van der Waals surface area contributed by atoms with Crippen LogP contribution >= 0.6 is 0 Å². The van der Waals surface area contributed by atoms with Gasteiger partial charge in [0, 0.05) is 11.4 Å². The highest BCUT2D eigenvalue weighted by atomic mass is 19.4. The molecule has 0 heterocycles. The van der Waals surface area contributed by atoms with Crippen molar-refractivity contribution in [2.45, 2.75) is 19.2 Å². The van der Waals surface area contributed by atoms with Gasteiger partial charge in [-0.1, -0.05) is 0 Å². The number of anilines is 2. The predicted octanol–water partition coefficient (Wildman–Crippen LogP) is 1.62. The highest BCUT2D eigenvalue weighted by molar-refractivity contribution is 5.94. The molecular formula is C12H15F3N2O3. The van der Waals surface area contributed by atoms with Crippen molar-refractivity contribution in [1.29, 1.82) is 0 Å². The summed E-state index contributed by atoms with van der Waals surface area (Å²) in [5.74, 6) is -0.614. The number of carbonyl (C=O) groups excluding carboxylic acids is 1. The van der Waals surface area contributed by atoms with E-state index < -0.39 is 29.4 Å². The number of hydrogen-bond donors (Lipinski definition) is 3. The zero-order chi connectivity index (χ0) is 15.3. The number of nitrogens with two attached hydrogens (primary N) is 1. The second kappa shape index (κ2) is 6.58. The SMILES string of the molecule is CC(OCCO)C(=O)Nc1ccc(N)c(C(F)(F)F)c1. The molecule has 0 spiro atoms. The molecule has 0 aliphatic carbocycles. The van der Waals surface area contributed by atoms with Crippen LogP contribution < -0.4 is 11.1 Å². The van der Waals surface area contributed by atoms with E-state index in [4.69, 9.17) is 15.6 Å². The zero-order valence-electron chi connectivity index (χ0n) is 10.7. The van der Waals surface area contributed by atoms with E-state index in [1.54, 1.807) is 0 Å². The number of halogens is 3. The van der Waals surface area contributed by atoms with Gasteiger partial charge in [-0.3, -0.25) is 4.79 Å². The quantitative estimate of drug-likeness (QED) is 0.720. The molecule has 4 N–H and O–H groups in total. The maximum Gasteiger partial charge on any atom is 0.418 e. The topological polar surface area (TPSA) is 84.6 Å². The van der Waals surface area contributed by atoms with Crippen LogP contribution in [0.1, 0.15) is 12.5 Å². The Morgan fingerprint density at radius 2 is 2.15 bits per heavy atom. The van der Waals surface area contributed by atoms with Gasteiger partial charge in [-0.05, 0) is 25.1 Å². The number of ether oxygens (including phenoxy) is 1. The minimum Gasteiger partial charge on any atom is -0.398 e. The lowest BCUT2D eigenvalue weighted by molar-refractivity contribution is -0.137.